The highest BCUT2D eigenvalue weighted by Crippen LogP contribution is 2.30. The second kappa shape index (κ2) is 3.34. The van der Waals surface area contributed by atoms with Gasteiger partial charge in [0.25, 0.3) is 5.91 Å². The van der Waals surface area contributed by atoms with Crippen LogP contribution in [0.3, 0.4) is 0 Å². The molecule has 2 aliphatic rings. The van der Waals surface area contributed by atoms with Crippen LogP contribution in [0.25, 0.3) is 0 Å². The summed E-state index contributed by atoms with van der Waals surface area (Å²) in [5, 5.41) is 6.98. The van der Waals surface area contributed by atoms with E-state index in [1.54, 1.807) is 6.07 Å². The zero-order valence-electron chi connectivity index (χ0n) is 8.35. The van der Waals surface area contributed by atoms with E-state index in [1.165, 1.54) is 12.7 Å². The zero-order chi connectivity index (χ0) is 10.3. The van der Waals surface area contributed by atoms with Crippen LogP contribution >= 0.6 is 0 Å². The SMILES string of the molecule is O=C(c1ccon1)N1CC2CCNCC21. The fourth-order valence-electron chi connectivity index (χ4n) is 2.43. The maximum Gasteiger partial charge on any atom is 0.276 e. The van der Waals surface area contributed by atoms with Crippen LogP contribution in [-0.4, -0.2) is 41.6 Å². The molecule has 5 heteroatoms. The zero-order valence-corrected chi connectivity index (χ0v) is 8.35. The van der Waals surface area contributed by atoms with Crippen molar-refractivity contribution in [3.63, 3.8) is 0 Å². The van der Waals surface area contributed by atoms with Crippen LogP contribution < -0.4 is 5.32 Å². The summed E-state index contributed by atoms with van der Waals surface area (Å²) >= 11 is 0. The minimum Gasteiger partial charge on any atom is -0.364 e. The standard InChI is InChI=1S/C10H13N3O2/c14-10(8-2-4-15-12-8)13-6-7-1-3-11-5-9(7)13/h2,4,7,9,11H,1,3,5-6H2. The van der Waals surface area contributed by atoms with Gasteiger partial charge >= 0.3 is 0 Å². The molecule has 15 heavy (non-hydrogen) atoms. The summed E-state index contributed by atoms with van der Waals surface area (Å²) in [5.74, 6) is 0.677. The van der Waals surface area contributed by atoms with Crippen molar-refractivity contribution in [3.05, 3.63) is 18.0 Å². The lowest BCUT2D eigenvalue weighted by atomic mass is 9.83. The van der Waals surface area contributed by atoms with Crippen molar-refractivity contribution in [2.24, 2.45) is 5.92 Å². The smallest absolute Gasteiger partial charge is 0.276 e. The predicted octanol–water partition coefficient (Wildman–Crippen LogP) is 0.108. The van der Waals surface area contributed by atoms with Crippen molar-refractivity contribution in [3.8, 4) is 0 Å². The Morgan fingerprint density at radius 1 is 1.67 bits per heavy atom. The van der Waals surface area contributed by atoms with E-state index in [0.29, 0.717) is 17.7 Å². The van der Waals surface area contributed by atoms with Gasteiger partial charge in [-0.3, -0.25) is 4.79 Å². The molecule has 0 aliphatic carbocycles. The van der Waals surface area contributed by atoms with Crippen LogP contribution in [-0.2, 0) is 0 Å². The summed E-state index contributed by atoms with van der Waals surface area (Å²) in [7, 11) is 0. The lowest BCUT2D eigenvalue weighted by Crippen LogP contribution is -2.65. The Hall–Kier alpha value is -1.36. The average Bonchev–Trinajstić information content (AvgIpc) is 2.72. The fourth-order valence-corrected chi connectivity index (χ4v) is 2.43. The van der Waals surface area contributed by atoms with Crippen LogP contribution in [0.5, 0.6) is 0 Å². The Bertz CT molecular complexity index is 363. The molecule has 0 bridgehead atoms. The van der Waals surface area contributed by atoms with Crippen LogP contribution in [0.4, 0.5) is 0 Å². The molecule has 3 rings (SSSR count). The first kappa shape index (κ1) is 8.91. The number of fused-ring (bicyclic) bond motifs is 1. The summed E-state index contributed by atoms with van der Waals surface area (Å²) in [6.45, 7) is 2.86. The normalized spacial score (nSPS) is 29.5. The first-order chi connectivity index (χ1) is 7.36. The number of aromatic nitrogens is 1. The van der Waals surface area contributed by atoms with E-state index in [1.807, 2.05) is 4.90 Å². The lowest BCUT2D eigenvalue weighted by molar-refractivity contribution is 0.00204. The van der Waals surface area contributed by atoms with Crippen LogP contribution in [0.1, 0.15) is 16.9 Å². The Kier molecular flexibility index (Phi) is 1.98. The van der Waals surface area contributed by atoms with Gasteiger partial charge in [-0.2, -0.15) is 0 Å². The number of hydrogen-bond donors (Lipinski definition) is 1. The highest BCUT2D eigenvalue weighted by molar-refractivity contribution is 5.92. The molecule has 3 heterocycles. The fraction of sp³-hybridized carbons (Fsp3) is 0.600. The third kappa shape index (κ3) is 1.34. The molecular weight excluding hydrogens is 194 g/mol. The number of rotatable bonds is 1. The number of nitrogens with zero attached hydrogens (tertiary/aromatic N) is 2. The van der Waals surface area contributed by atoms with Gasteiger partial charge in [-0.1, -0.05) is 5.16 Å². The number of carbonyl (C=O) groups is 1. The number of carbonyl (C=O) groups excluding carboxylic acids is 1. The molecule has 0 aromatic carbocycles. The Morgan fingerprint density at radius 2 is 2.60 bits per heavy atom. The van der Waals surface area contributed by atoms with Gasteiger partial charge in [0, 0.05) is 25.2 Å². The molecule has 0 saturated carbocycles. The van der Waals surface area contributed by atoms with Crippen molar-refractivity contribution >= 4 is 5.91 Å². The molecule has 5 nitrogen and oxygen atoms in total. The van der Waals surface area contributed by atoms with Gasteiger partial charge < -0.3 is 14.7 Å². The first-order valence-corrected chi connectivity index (χ1v) is 5.28. The molecule has 0 radical (unpaired) electrons. The second-order valence-electron chi connectivity index (χ2n) is 4.16. The molecule has 1 amide bonds. The van der Waals surface area contributed by atoms with Crippen LogP contribution in [0, 0.1) is 5.92 Å². The number of hydrogen-bond acceptors (Lipinski definition) is 4. The van der Waals surface area contributed by atoms with E-state index < -0.39 is 0 Å². The largest absolute Gasteiger partial charge is 0.364 e. The second-order valence-corrected chi connectivity index (χ2v) is 4.16. The first-order valence-electron chi connectivity index (χ1n) is 5.28. The molecule has 2 saturated heterocycles. The lowest BCUT2D eigenvalue weighted by Gasteiger charge is -2.50. The van der Waals surface area contributed by atoms with Gasteiger partial charge in [0.15, 0.2) is 5.69 Å². The van der Waals surface area contributed by atoms with Gasteiger partial charge in [0.05, 0.1) is 0 Å². The molecule has 80 valence electrons. The van der Waals surface area contributed by atoms with Gasteiger partial charge in [0.2, 0.25) is 0 Å². The van der Waals surface area contributed by atoms with Crippen molar-refractivity contribution < 1.29 is 9.32 Å². The molecule has 2 atom stereocenters. The highest BCUT2D eigenvalue weighted by Gasteiger charge is 2.43. The third-order valence-electron chi connectivity index (χ3n) is 3.34. The molecule has 2 fully saturated rings. The Morgan fingerprint density at radius 3 is 3.33 bits per heavy atom. The van der Waals surface area contributed by atoms with E-state index in [9.17, 15) is 4.79 Å². The minimum atomic E-state index is -0.00583. The minimum absolute atomic E-state index is 0.00583. The molecule has 2 aliphatic heterocycles. The van der Waals surface area contributed by atoms with Gasteiger partial charge in [-0.25, -0.2) is 0 Å². The Balaban J connectivity index is 1.72. The summed E-state index contributed by atoms with van der Waals surface area (Å²) in [6.07, 6.45) is 2.61. The maximum atomic E-state index is 11.9. The van der Waals surface area contributed by atoms with Crippen molar-refractivity contribution in [1.82, 2.24) is 15.4 Å². The van der Waals surface area contributed by atoms with Crippen LogP contribution in [0.2, 0.25) is 0 Å². The molecule has 2 unspecified atom stereocenters. The third-order valence-corrected chi connectivity index (χ3v) is 3.34. The van der Waals surface area contributed by atoms with E-state index in [2.05, 4.69) is 15.0 Å². The van der Waals surface area contributed by atoms with Gasteiger partial charge in [-0.05, 0) is 18.9 Å². The van der Waals surface area contributed by atoms with Crippen LogP contribution in [0.15, 0.2) is 16.9 Å². The van der Waals surface area contributed by atoms with Crippen molar-refractivity contribution in [2.75, 3.05) is 19.6 Å². The number of nitrogens with one attached hydrogen (secondary N) is 1. The maximum absolute atomic E-state index is 11.9. The van der Waals surface area contributed by atoms with Crippen molar-refractivity contribution in [2.45, 2.75) is 12.5 Å². The summed E-state index contributed by atoms with van der Waals surface area (Å²) in [4.78, 5) is 13.8. The van der Waals surface area contributed by atoms with E-state index in [4.69, 9.17) is 0 Å². The highest BCUT2D eigenvalue weighted by atomic mass is 16.5. The quantitative estimate of drug-likeness (QED) is 0.710. The predicted molar refractivity (Wildman–Crippen MR) is 52.3 cm³/mol. The van der Waals surface area contributed by atoms with Crippen molar-refractivity contribution in [1.29, 1.82) is 0 Å². The number of piperidine rings is 1. The molecule has 1 aromatic rings. The topological polar surface area (TPSA) is 58.4 Å². The van der Waals surface area contributed by atoms with Gasteiger partial charge in [0.1, 0.15) is 6.26 Å². The number of amides is 1. The molecule has 1 N–H and O–H groups in total. The summed E-state index contributed by atoms with van der Waals surface area (Å²) in [6, 6.07) is 1.98. The average molecular weight is 207 g/mol. The summed E-state index contributed by atoms with van der Waals surface area (Å²) in [5.41, 5.74) is 0.416. The summed E-state index contributed by atoms with van der Waals surface area (Å²) < 4.78 is 4.68. The molecule has 0 spiro atoms. The monoisotopic (exact) mass is 207 g/mol. The Labute approximate surface area is 87.4 Å². The van der Waals surface area contributed by atoms with E-state index in [-0.39, 0.29) is 5.91 Å². The molecule has 1 aromatic heterocycles. The molecular formula is C10H13N3O2. The van der Waals surface area contributed by atoms with E-state index >= 15 is 0 Å². The van der Waals surface area contributed by atoms with E-state index in [0.717, 1.165) is 19.6 Å². The number of likely N-dealkylation sites (tertiary alicyclic amines) is 1. The van der Waals surface area contributed by atoms with Gasteiger partial charge in [-0.15, -0.1) is 0 Å².